The lowest BCUT2D eigenvalue weighted by molar-refractivity contribution is 0.174. The third kappa shape index (κ3) is 3.13. The van der Waals surface area contributed by atoms with Gasteiger partial charge in [0.2, 0.25) is 0 Å². The van der Waals surface area contributed by atoms with Crippen molar-refractivity contribution in [3.63, 3.8) is 0 Å². The van der Waals surface area contributed by atoms with E-state index in [9.17, 15) is 4.39 Å². The SMILES string of the molecule is Cc1c(CN2CCC[C@@H](C)C2)nnn1-c1ccc(F)cc1. The highest BCUT2D eigenvalue weighted by Gasteiger charge is 2.19. The Morgan fingerprint density at radius 1 is 1.29 bits per heavy atom. The van der Waals surface area contributed by atoms with Gasteiger partial charge in [-0.15, -0.1) is 5.10 Å². The van der Waals surface area contributed by atoms with Gasteiger partial charge in [-0.1, -0.05) is 12.1 Å². The normalized spacial score (nSPS) is 19.9. The zero-order valence-electron chi connectivity index (χ0n) is 12.6. The smallest absolute Gasteiger partial charge is 0.123 e. The lowest BCUT2D eigenvalue weighted by Gasteiger charge is -2.30. The number of hydrogen-bond donors (Lipinski definition) is 0. The van der Waals surface area contributed by atoms with E-state index < -0.39 is 0 Å². The number of hydrogen-bond acceptors (Lipinski definition) is 3. The van der Waals surface area contributed by atoms with Gasteiger partial charge in [0.1, 0.15) is 11.5 Å². The summed E-state index contributed by atoms with van der Waals surface area (Å²) < 4.78 is 14.8. The molecule has 1 aromatic carbocycles. The molecule has 1 aliphatic rings. The molecule has 3 rings (SSSR count). The van der Waals surface area contributed by atoms with Gasteiger partial charge >= 0.3 is 0 Å². The van der Waals surface area contributed by atoms with Crippen LogP contribution in [0.1, 0.15) is 31.2 Å². The van der Waals surface area contributed by atoms with Gasteiger partial charge < -0.3 is 0 Å². The van der Waals surface area contributed by atoms with Crippen LogP contribution in [-0.4, -0.2) is 33.0 Å². The highest BCUT2D eigenvalue weighted by atomic mass is 19.1. The number of halogens is 1. The van der Waals surface area contributed by atoms with E-state index in [1.54, 1.807) is 16.8 Å². The number of likely N-dealkylation sites (tertiary alicyclic amines) is 1. The first-order chi connectivity index (χ1) is 10.1. The summed E-state index contributed by atoms with van der Waals surface area (Å²) in [6.07, 6.45) is 2.57. The van der Waals surface area contributed by atoms with Crippen molar-refractivity contribution in [1.82, 2.24) is 19.9 Å². The fourth-order valence-electron chi connectivity index (χ4n) is 2.98. The molecule has 2 aromatic rings. The van der Waals surface area contributed by atoms with Crippen molar-refractivity contribution in [3.8, 4) is 5.69 Å². The van der Waals surface area contributed by atoms with Gasteiger partial charge in [0.25, 0.3) is 0 Å². The second kappa shape index (κ2) is 5.93. The van der Waals surface area contributed by atoms with Crippen LogP contribution in [0, 0.1) is 18.7 Å². The Kier molecular flexibility index (Phi) is 4.01. The summed E-state index contributed by atoms with van der Waals surface area (Å²) in [7, 11) is 0. The van der Waals surface area contributed by atoms with Crippen LogP contribution in [0.25, 0.3) is 5.69 Å². The Labute approximate surface area is 124 Å². The monoisotopic (exact) mass is 288 g/mol. The third-order valence-corrected chi connectivity index (χ3v) is 4.18. The number of piperidine rings is 1. The minimum atomic E-state index is -0.237. The van der Waals surface area contributed by atoms with Crippen molar-refractivity contribution in [2.24, 2.45) is 5.92 Å². The van der Waals surface area contributed by atoms with E-state index in [-0.39, 0.29) is 5.82 Å². The molecule has 0 bridgehead atoms. The second-order valence-corrected chi connectivity index (χ2v) is 5.99. The number of aromatic nitrogens is 3. The standard InChI is InChI=1S/C16H21FN4/c1-12-4-3-9-20(10-12)11-16-13(2)21(19-18-16)15-7-5-14(17)6-8-15/h5-8,12H,3-4,9-11H2,1-2H3/t12-/m1/s1. The first kappa shape index (κ1) is 14.2. The molecule has 0 aliphatic carbocycles. The van der Waals surface area contributed by atoms with E-state index in [1.807, 2.05) is 6.92 Å². The van der Waals surface area contributed by atoms with Crippen LogP contribution in [-0.2, 0) is 6.54 Å². The summed E-state index contributed by atoms with van der Waals surface area (Å²) in [5, 5.41) is 8.53. The van der Waals surface area contributed by atoms with Crippen LogP contribution in [0.15, 0.2) is 24.3 Å². The quantitative estimate of drug-likeness (QED) is 0.871. The molecule has 0 radical (unpaired) electrons. The van der Waals surface area contributed by atoms with Gasteiger partial charge in [-0.2, -0.15) is 0 Å². The van der Waals surface area contributed by atoms with Crippen LogP contribution in [0.2, 0.25) is 0 Å². The minimum absolute atomic E-state index is 0.237. The molecule has 2 heterocycles. The van der Waals surface area contributed by atoms with Crippen molar-refractivity contribution in [1.29, 1.82) is 0 Å². The molecule has 0 spiro atoms. The Morgan fingerprint density at radius 2 is 2.05 bits per heavy atom. The van der Waals surface area contributed by atoms with Gasteiger partial charge in [0.05, 0.1) is 11.4 Å². The van der Waals surface area contributed by atoms with E-state index in [1.165, 1.54) is 25.0 Å². The lowest BCUT2D eigenvalue weighted by atomic mass is 10.0. The van der Waals surface area contributed by atoms with E-state index >= 15 is 0 Å². The molecule has 1 saturated heterocycles. The zero-order chi connectivity index (χ0) is 14.8. The van der Waals surface area contributed by atoms with E-state index in [0.717, 1.165) is 42.6 Å². The second-order valence-electron chi connectivity index (χ2n) is 5.99. The maximum Gasteiger partial charge on any atom is 0.123 e. The molecule has 0 amide bonds. The molecular weight excluding hydrogens is 267 g/mol. The van der Waals surface area contributed by atoms with Crippen LogP contribution in [0.5, 0.6) is 0 Å². The van der Waals surface area contributed by atoms with Gasteiger partial charge in [0.15, 0.2) is 0 Å². The van der Waals surface area contributed by atoms with Crippen LogP contribution >= 0.6 is 0 Å². The molecule has 1 aromatic heterocycles. The largest absolute Gasteiger partial charge is 0.297 e. The molecule has 21 heavy (non-hydrogen) atoms. The predicted molar refractivity (Wildman–Crippen MR) is 79.7 cm³/mol. The molecule has 1 fully saturated rings. The van der Waals surface area contributed by atoms with Crippen molar-refractivity contribution >= 4 is 0 Å². The van der Waals surface area contributed by atoms with Gasteiger partial charge in [-0.05, 0) is 56.5 Å². The summed E-state index contributed by atoms with van der Waals surface area (Å²) >= 11 is 0. The molecule has 0 saturated carbocycles. The van der Waals surface area contributed by atoms with Crippen molar-refractivity contribution in [2.75, 3.05) is 13.1 Å². The summed E-state index contributed by atoms with van der Waals surface area (Å²) in [6.45, 7) is 7.42. The highest BCUT2D eigenvalue weighted by Crippen LogP contribution is 2.19. The average molecular weight is 288 g/mol. The fraction of sp³-hybridized carbons (Fsp3) is 0.500. The Bertz CT molecular complexity index is 605. The van der Waals surface area contributed by atoms with Gasteiger partial charge in [-0.25, -0.2) is 9.07 Å². The first-order valence-electron chi connectivity index (χ1n) is 7.53. The molecular formula is C16H21FN4. The van der Waals surface area contributed by atoms with E-state index in [0.29, 0.717) is 0 Å². The first-order valence-corrected chi connectivity index (χ1v) is 7.53. The third-order valence-electron chi connectivity index (χ3n) is 4.18. The van der Waals surface area contributed by atoms with Gasteiger partial charge in [-0.3, -0.25) is 4.90 Å². The molecule has 0 N–H and O–H groups in total. The molecule has 1 atom stereocenters. The Hall–Kier alpha value is -1.75. The summed E-state index contributed by atoms with van der Waals surface area (Å²) in [6, 6.07) is 6.35. The number of rotatable bonds is 3. The van der Waals surface area contributed by atoms with E-state index in [2.05, 4.69) is 22.1 Å². The highest BCUT2D eigenvalue weighted by molar-refractivity contribution is 5.33. The lowest BCUT2D eigenvalue weighted by Crippen LogP contribution is -2.34. The van der Waals surface area contributed by atoms with Crippen molar-refractivity contribution in [3.05, 3.63) is 41.5 Å². The predicted octanol–water partition coefficient (Wildman–Crippen LogP) is 2.95. The molecule has 5 heteroatoms. The van der Waals surface area contributed by atoms with Crippen LogP contribution in [0.4, 0.5) is 4.39 Å². The molecule has 1 aliphatic heterocycles. The van der Waals surface area contributed by atoms with Crippen LogP contribution in [0.3, 0.4) is 0 Å². The summed E-state index contributed by atoms with van der Waals surface area (Å²) in [4.78, 5) is 2.44. The van der Waals surface area contributed by atoms with Crippen molar-refractivity contribution in [2.45, 2.75) is 33.2 Å². The molecule has 0 unspecified atom stereocenters. The molecule has 112 valence electrons. The number of benzene rings is 1. The Morgan fingerprint density at radius 3 is 2.76 bits per heavy atom. The maximum atomic E-state index is 13.0. The average Bonchev–Trinajstić information content (AvgIpc) is 2.81. The van der Waals surface area contributed by atoms with Crippen LogP contribution < -0.4 is 0 Å². The topological polar surface area (TPSA) is 34.0 Å². The zero-order valence-corrected chi connectivity index (χ0v) is 12.6. The maximum absolute atomic E-state index is 13.0. The number of nitrogens with zero attached hydrogens (tertiary/aromatic N) is 4. The molecule has 4 nitrogen and oxygen atoms in total. The minimum Gasteiger partial charge on any atom is -0.297 e. The summed E-state index contributed by atoms with van der Waals surface area (Å²) in [5.41, 5.74) is 2.88. The van der Waals surface area contributed by atoms with E-state index in [4.69, 9.17) is 0 Å². The van der Waals surface area contributed by atoms with Crippen molar-refractivity contribution < 1.29 is 4.39 Å². The Balaban J connectivity index is 1.77. The fourth-order valence-corrected chi connectivity index (χ4v) is 2.98. The van der Waals surface area contributed by atoms with Gasteiger partial charge in [0, 0.05) is 13.1 Å². The summed E-state index contributed by atoms with van der Waals surface area (Å²) in [5.74, 6) is 0.519.